The molecule has 1 saturated heterocycles. The van der Waals surface area contributed by atoms with E-state index in [-0.39, 0.29) is 11.9 Å². The minimum absolute atomic E-state index is 0.0187. The highest BCUT2D eigenvalue weighted by Gasteiger charge is 2.21. The first-order valence-corrected chi connectivity index (χ1v) is 8.05. The number of aryl methyl sites for hydroxylation is 1. The maximum absolute atomic E-state index is 11.9. The summed E-state index contributed by atoms with van der Waals surface area (Å²) < 4.78 is 0. The van der Waals surface area contributed by atoms with E-state index in [1.807, 2.05) is 0 Å². The number of hydrogen-bond acceptors (Lipinski definition) is 3. The van der Waals surface area contributed by atoms with Gasteiger partial charge in [0, 0.05) is 29.4 Å². The number of aromatic amines is 1. The summed E-state index contributed by atoms with van der Waals surface area (Å²) in [5.74, 6) is 1.87. The lowest BCUT2D eigenvalue weighted by Crippen LogP contribution is -2.42. The van der Waals surface area contributed by atoms with Gasteiger partial charge in [0.2, 0.25) is 5.91 Å². The van der Waals surface area contributed by atoms with Crippen molar-refractivity contribution in [3.8, 4) is 0 Å². The van der Waals surface area contributed by atoms with Crippen molar-refractivity contribution >= 4 is 28.6 Å². The van der Waals surface area contributed by atoms with Gasteiger partial charge in [0.05, 0.1) is 6.04 Å². The van der Waals surface area contributed by atoms with Gasteiger partial charge in [-0.2, -0.15) is 0 Å². The summed E-state index contributed by atoms with van der Waals surface area (Å²) in [6.07, 6.45) is 0.867. The Balaban J connectivity index is 1.55. The Labute approximate surface area is 122 Å². The molecular weight excluding hydrogens is 270 g/mol. The Morgan fingerprint density at radius 3 is 3.15 bits per heavy atom. The molecule has 0 aliphatic carbocycles. The van der Waals surface area contributed by atoms with Crippen LogP contribution in [-0.2, 0) is 11.2 Å². The van der Waals surface area contributed by atoms with Crippen LogP contribution in [0.5, 0.6) is 0 Å². The number of hydrogen-bond donors (Lipinski definition) is 3. The highest BCUT2D eigenvalue weighted by Crippen LogP contribution is 2.17. The number of nitrogens with one attached hydrogen (secondary N) is 3. The summed E-state index contributed by atoms with van der Waals surface area (Å²) >= 11 is 1.77. The molecule has 1 atom stereocenters. The van der Waals surface area contributed by atoms with Crippen LogP contribution < -0.4 is 10.6 Å². The van der Waals surface area contributed by atoms with Gasteiger partial charge in [-0.1, -0.05) is 6.07 Å². The van der Waals surface area contributed by atoms with E-state index in [1.54, 1.807) is 11.8 Å². The van der Waals surface area contributed by atoms with Crippen LogP contribution >= 0.6 is 11.8 Å². The van der Waals surface area contributed by atoms with Gasteiger partial charge in [-0.15, -0.1) is 11.8 Å². The smallest absolute Gasteiger partial charge is 0.238 e. The summed E-state index contributed by atoms with van der Waals surface area (Å²) in [4.78, 5) is 15.2. The molecule has 106 valence electrons. The lowest BCUT2D eigenvalue weighted by atomic mass is 10.1. The zero-order valence-electron chi connectivity index (χ0n) is 11.5. The van der Waals surface area contributed by atoms with Gasteiger partial charge in [0.15, 0.2) is 0 Å². The number of carbonyl (C=O) groups excluding carboxylic acids is 1. The van der Waals surface area contributed by atoms with Crippen LogP contribution in [0.25, 0.3) is 10.9 Å². The number of thioether (sulfide) groups is 1. The monoisotopic (exact) mass is 289 g/mol. The molecule has 5 heteroatoms. The maximum atomic E-state index is 11.9. The molecular formula is C15H19N3OS. The van der Waals surface area contributed by atoms with E-state index in [1.165, 1.54) is 22.2 Å². The number of benzene rings is 1. The summed E-state index contributed by atoms with van der Waals surface area (Å²) in [7, 11) is 0. The average Bonchev–Trinajstić information content (AvgIpc) is 3.05. The second-order valence-corrected chi connectivity index (χ2v) is 6.22. The largest absolute Gasteiger partial charge is 0.359 e. The fourth-order valence-corrected chi connectivity index (χ4v) is 3.44. The van der Waals surface area contributed by atoms with Crippen molar-refractivity contribution < 1.29 is 4.79 Å². The third kappa shape index (κ3) is 2.99. The van der Waals surface area contributed by atoms with E-state index in [9.17, 15) is 4.79 Å². The molecule has 0 radical (unpaired) electrons. The Kier molecular flexibility index (Phi) is 3.98. The SMILES string of the molecule is Cc1cc2cc(CCNC(=O)C3CSCN3)ccc2[nH]1. The Bertz CT molecular complexity index is 617. The molecule has 2 heterocycles. The average molecular weight is 289 g/mol. The van der Waals surface area contributed by atoms with Crippen molar-refractivity contribution in [1.82, 2.24) is 15.6 Å². The Morgan fingerprint density at radius 2 is 2.35 bits per heavy atom. The van der Waals surface area contributed by atoms with Crippen molar-refractivity contribution in [3.63, 3.8) is 0 Å². The quantitative estimate of drug-likeness (QED) is 0.804. The molecule has 1 unspecified atom stereocenters. The molecule has 1 aliphatic rings. The number of rotatable bonds is 4. The van der Waals surface area contributed by atoms with Crippen LogP contribution in [0.1, 0.15) is 11.3 Å². The third-order valence-electron chi connectivity index (χ3n) is 3.57. The van der Waals surface area contributed by atoms with E-state index in [2.05, 4.69) is 46.8 Å². The van der Waals surface area contributed by atoms with Crippen molar-refractivity contribution in [2.75, 3.05) is 18.2 Å². The van der Waals surface area contributed by atoms with Crippen LogP contribution in [0.15, 0.2) is 24.3 Å². The van der Waals surface area contributed by atoms with Crippen molar-refractivity contribution in [2.45, 2.75) is 19.4 Å². The van der Waals surface area contributed by atoms with Crippen LogP contribution in [0.3, 0.4) is 0 Å². The topological polar surface area (TPSA) is 56.9 Å². The molecule has 3 rings (SSSR count). The number of amides is 1. The van der Waals surface area contributed by atoms with Crippen LogP contribution in [0.4, 0.5) is 0 Å². The zero-order chi connectivity index (χ0) is 13.9. The molecule has 1 aromatic heterocycles. The van der Waals surface area contributed by atoms with Gasteiger partial charge < -0.3 is 10.3 Å². The normalized spacial score (nSPS) is 18.6. The molecule has 1 amide bonds. The first kappa shape index (κ1) is 13.5. The van der Waals surface area contributed by atoms with E-state index >= 15 is 0 Å². The number of carbonyl (C=O) groups is 1. The van der Waals surface area contributed by atoms with Crippen molar-refractivity contribution in [2.24, 2.45) is 0 Å². The van der Waals surface area contributed by atoms with Crippen molar-refractivity contribution in [1.29, 1.82) is 0 Å². The lowest BCUT2D eigenvalue weighted by Gasteiger charge is -2.10. The van der Waals surface area contributed by atoms with Gasteiger partial charge in [-0.3, -0.25) is 10.1 Å². The minimum Gasteiger partial charge on any atom is -0.359 e. The summed E-state index contributed by atoms with van der Waals surface area (Å²) in [5, 5.41) is 7.42. The molecule has 20 heavy (non-hydrogen) atoms. The van der Waals surface area contributed by atoms with Gasteiger partial charge >= 0.3 is 0 Å². The fourth-order valence-electron chi connectivity index (χ4n) is 2.50. The fraction of sp³-hybridized carbons (Fsp3) is 0.400. The van der Waals surface area contributed by atoms with Gasteiger partial charge in [-0.05, 0) is 42.5 Å². The number of fused-ring (bicyclic) bond motifs is 1. The van der Waals surface area contributed by atoms with Crippen LogP contribution in [0.2, 0.25) is 0 Å². The molecule has 3 N–H and O–H groups in total. The summed E-state index contributed by atoms with van der Waals surface area (Å²) in [5.41, 5.74) is 3.60. The second kappa shape index (κ2) is 5.89. The molecule has 0 saturated carbocycles. The molecule has 0 spiro atoms. The molecule has 1 aliphatic heterocycles. The number of aromatic nitrogens is 1. The molecule has 1 fully saturated rings. The van der Waals surface area contributed by atoms with E-state index in [4.69, 9.17) is 0 Å². The molecule has 0 bridgehead atoms. The van der Waals surface area contributed by atoms with Gasteiger partial charge in [0.25, 0.3) is 0 Å². The predicted octanol–water partition coefficient (Wildman–Crippen LogP) is 1.80. The Hall–Kier alpha value is -1.46. The van der Waals surface area contributed by atoms with Crippen LogP contribution in [-0.4, -0.2) is 35.1 Å². The molecule has 4 nitrogen and oxygen atoms in total. The zero-order valence-corrected chi connectivity index (χ0v) is 12.3. The minimum atomic E-state index is -0.0187. The molecule has 2 aromatic rings. The second-order valence-electron chi connectivity index (χ2n) is 5.19. The van der Waals surface area contributed by atoms with E-state index < -0.39 is 0 Å². The predicted molar refractivity (Wildman–Crippen MR) is 84.0 cm³/mol. The third-order valence-corrected chi connectivity index (χ3v) is 4.51. The first-order chi connectivity index (χ1) is 9.72. The van der Waals surface area contributed by atoms with E-state index in [0.717, 1.165) is 18.1 Å². The standard InChI is InChI=1S/C15H19N3OS/c1-10-6-12-7-11(2-3-13(12)18-10)4-5-16-15(19)14-8-20-9-17-14/h2-3,6-7,14,17-18H,4-5,8-9H2,1H3,(H,16,19). The summed E-state index contributed by atoms with van der Waals surface area (Å²) in [6, 6.07) is 8.55. The van der Waals surface area contributed by atoms with Gasteiger partial charge in [-0.25, -0.2) is 0 Å². The number of H-pyrrole nitrogens is 1. The maximum Gasteiger partial charge on any atom is 0.238 e. The highest BCUT2D eigenvalue weighted by molar-refractivity contribution is 7.99. The van der Waals surface area contributed by atoms with E-state index in [0.29, 0.717) is 6.54 Å². The van der Waals surface area contributed by atoms with Gasteiger partial charge in [0.1, 0.15) is 0 Å². The molecule has 1 aromatic carbocycles. The van der Waals surface area contributed by atoms with Crippen molar-refractivity contribution in [3.05, 3.63) is 35.5 Å². The Morgan fingerprint density at radius 1 is 1.45 bits per heavy atom. The lowest BCUT2D eigenvalue weighted by molar-refractivity contribution is -0.122. The summed E-state index contributed by atoms with van der Waals surface area (Å²) in [6.45, 7) is 2.75. The highest BCUT2D eigenvalue weighted by atomic mass is 32.2. The van der Waals surface area contributed by atoms with Crippen LogP contribution in [0, 0.1) is 6.92 Å². The first-order valence-electron chi connectivity index (χ1n) is 6.89.